The largest absolute Gasteiger partial charge is 0.507 e. The maximum Gasteiger partial charge on any atom is 0.354 e. The molecule has 296 valence electrons. The highest BCUT2D eigenvalue weighted by molar-refractivity contribution is 6.31. The second-order valence-electron chi connectivity index (χ2n) is 13.7. The average molecular weight is 772 g/mol. The second-order valence-corrected chi connectivity index (χ2v) is 13.7. The number of nitrogens with two attached hydrogens (primary N) is 2. The zero-order valence-electron chi connectivity index (χ0n) is 29.6. The first-order valence-corrected chi connectivity index (χ1v) is 17.2. The van der Waals surface area contributed by atoms with Crippen LogP contribution in [-0.2, 0) is 25.4 Å². The summed E-state index contributed by atoms with van der Waals surface area (Å²) >= 11 is 0. The summed E-state index contributed by atoms with van der Waals surface area (Å²) in [4.78, 5) is 58.3. The number of phenols is 2. The first-order valence-electron chi connectivity index (χ1n) is 17.2. The first kappa shape index (κ1) is 39.8. The summed E-state index contributed by atoms with van der Waals surface area (Å²) in [6.45, 7) is 0.256. The van der Waals surface area contributed by atoms with E-state index in [1.54, 1.807) is 6.92 Å². The highest BCUT2D eigenvalue weighted by Crippen LogP contribution is 2.52. The Hall–Kier alpha value is -4.90. The molecule has 2 aromatic carbocycles. The number of aliphatic hydroxyl groups excluding tert-OH is 4. The lowest BCUT2D eigenvalue weighted by molar-refractivity contribution is -0.247. The summed E-state index contributed by atoms with van der Waals surface area (Å²) in [7, 11) is 1.32. The van der Waals surface area contributed by atoms with Crippen molar-refractivity contribution in [1.82, 2.24) is 14.5 Å². The molecule has 3 aromatic rings. The number of aliphatic hydroxyl groups is 5. The molecule has 20 heteroatoms. The van der Waals surface area contributed by atoms with E-state index in [9.17, 15) is 49.8 Å². The van der Waals surface area contributed by atoms with Gasteiger partial charge in [0.05, 0.1) is 54.8 Å². The Morgan fingerprint density at radius 1 is 1.05 bits per heavy atom. The van der Waals surface area contributed by atoms with Crippen LogP contribution in [0.3, 0.4) is 0 Å². The number of hydrogen-bond donors (Lipinski definition) is 9. The molecule has 11 N–H and O–H groups in total. The van der Waals surface area contributed by atoms with E-state index in [2.05, 4.69) is 9.97 Å². The van der Waals surface area contributed by atoms with Gasteiger partial charge in [-0.2, -0.15) is 4.98 Å². The number of anilines is 1. The molecule has 2 aliphatic heterocycles. The number of hydrogen-bond acceptors (Lipinski definition) is 19. The number of phenolic OH excluding ortho intramolecular Hbond substituents is 2. The predicted octanol–water partition coefficient (Wildman–Crippen LogP) is -2.14. The number of ketones is 3. The number of nitrogens with zero attached hydrogens (tertiary/aromatic N) is 3. The van der Waals surface area contributed by atoms with Crippen LogP contribution in [0.25, 0.3) is 0 Å². The van der Waals surface area contributed by atoms with Crippen LogP contribution >= 0.6 is 0 Å². The van der Waals surface area contributed by atoms with Crippen molar-refractivity contribution in [1.29, 1.82) is 0 Å². The van der Waals surface area contributed by atoms with E-state index in [0.29, 0.717) is 0 Å². The molecule has 0 saturated carbocycles. The molecule has 3 heterocycles. The fourth-order valence-corrected chi connectivity index (χ4v) is 7.35. The summed E-state index contributed by atoms with van der Waals surface area (Å²) in [6, 6.07) is 3.64. The molecular formula is C35H41N5O15. The number of aromatic nitrogens is 3. The van der Waals surface area contributed by atoms with E-state index in [0.717, 1.165) is 4.57 Å². The molecule has 2 aliphatic carbocycles. The number of nitrogen functional groups attached to an aromatic ring is 1. The van der Waals surface area contributed by atoms with E-state index in [1.807, 2.05) is 0 Å². The summed E-state index contributed by atoms with van der Waals surface area (Å²) in [6.07, 6.45) is -5.86. The number of carbonyl (C=O) groups excluding carboxylic acids is 3. The smallest absolute Gasteiger partial charge is 0.354 e. The van der Waals surface area contributed by atoms with Crippen molar-refractivity contribution in [3.05, 3.63) is 68.4 Å². The van der Waals surface area contributed by atoms with Gasteiger partial charge in [-0.05, 0) is 13.0 Å². The number of Topliss-reactive ketones (excluding diaryl/α,β-unsaturated/α-hetero) is 1. The molecule has 0 radical (unpaired) electrons. The summed E-state index contributed by atoms with van der Waals surface area (Å²) in [5.74, 6) is -3.89. The normalized spacial score (nSPS) is 29.7. The van der Waals surface area contributed by atoms with Crippen molar-refractivity contribution in [2.45, 2.75) is 87.3 Å². The molecule has 0 unspecified atom stereocenters. The number of carbonyl (C=O) groups is 3. The first-order chi connectivity index (χ1) is 26.0. The topological polar surface area (TPSA) is 330 Å². The van der Waals surface area contributed by atoms with E-state index in [4.69, 9.17) is 35.5 Å². The minimum atomic E-state index is -2.24. The minimum absolute atomic E-state index is 0.0173. The number of ether oxygens (including phenoxy) is 4. The summed E-state index contributed by atoms with van der Waals surface area (Å²) in [5.41, 5.74) is 7.02. The summed E-state index contributed by atoms with van der Waals surface area (Å²) < 4.78 is 23.4. The van der Waals surface area contributed by atoms with Gasteiger partial charge in [-0.25, -0.2) is 9.78 Å². The van der Waals surface area contributed by atoms with Gasteiger partial charge in [0.25, 0.3) is 0 Å². The lowest BCUT2D eigenvalue weighted by atomic mass is 9.72. The van der Waals surface area contributed by atoms with Crippen molar-refractivity contribution >= 4 is 23.3 Å². The maximum absolute atomic E-state index is 13.6. The van der Waals surface area contributed by atoms with Crippen LogP contribution in [0, 0.1) is 0 Å². The van der Waals surface area contributed by atoms with Gasteiger partial charge in [0.1, 0.15) is 48.1 Å². The Labute approximate surface area is 311 Å². The minimum Gasteiger partial charge on any atom is -0.507 e. The zero-order chi connectivity index (χ0) is 40.1. The van der Waals surface area contributed by atoms with Crippen molar-refractivity contribution in [2.75, 3.05) is 26.1 Å². The third kappa shape index (κ3) is 7.07. The fourth-order valence-electron chi connectivity index (χ4n) is 7.35. The SMILES string of the molecule is COc1cccc2c1C(=O)c1c(O)c3c(c(O)c1C2=O)C[C@@](O)(C(=O)CO)C[C@@H]3O[C@H]1C[C@H](N)[C@H](O)[C@H](C)O1.Nc1ncn([C@H]2C[C@H](O)[C@@H](CO)O2)c(=O)n1. The van der Waals surface area contributed by atoms with Gasteiger partial charge in [0, 0.05) is 48.4 Å². The molecule has 0 bridgehead atoms. The van der Waals surface area contributed by atoms with E-state index >= 15 is 0 Å². The molecule has 2 fully saturated rings. The molecule has 9 atom stereocenters. The highest BCUT2D eigenvalue weighted by atomic mass is 16.7. The molecule has 0 spiro atoms. The van der Waals surface area contributed by atoms with Crippen molar-refractivity contribution in [3.8, 4) is 17.2 Å². The number of rotatable bonds is 7. The number of benzene rings is 2. The van der Waals surface area contributed by atoms with E-state index < -0.39 is 120 Å². The summed E-state index contributed by atoms with van der Waals surface area (Å²) in [5, 5.41) is 72.1. The molecule has 20 nitrogen and oxygen atoms in total. The predicted molar refractivity (Wildman–Crippen MR) is 184 cm³/mol. The fraction of sp³-hybridized carbons (Fsp3) is 0.486. The Morgan fingerprint density at radius 2 is 1.76 bits per heavy atom. The van der Waals surface area contributed by atoms with E-state index in [1.165, 1.54) is 31.6 Å². The van der Waals surface area contributed by atoms with Gasteiger partial charge < -0.3 is 66.2 Å². The molecular weight excluding hydrogens is 730 g/mol. The van der Waals surface area contributed by atoms with Gasteiger partial charge in [-0.1, -0.05) is 12.1 Å². The van der Waals surface area contributed by atoms with Crippen LogP contribution in [0.5, 0.6) is 17.2 Å². The van der Waals surface area contributed by atoms with Crippen LogP contribution < -0.4 is 21.9 Å². The number of aromatic hydroxyl groups is 2. The van der Waals surface area contributed by atoms with Crippen LogP contribution in [0.1, 0.15) is 81.5 Å². The highest BCUT2D eigenvalue weighted by Gasteiger charge is 2.50. The molecule has 0 amide bonds. The second kappa shape index (κ2) is 15.3. The van der Waals surface area contributed by atoms with Gasteiger partial charge in [0.2, 0.25) is 11.7 Å². The standard InChI is InChI=1S/C27H29NO11.C8H12N4O4/c1-10-22(31)13(28)6-17(38-10)39-15-8-27(36,16(30)9-29)7-12-19(15)26(35)21-20(24(12)33)23(32)11-4-3-5-14(37-2)18(11)25(21)34;9-7-10-3-12(8(15)11-7)6-1-4(14)5(2-13)16-6/h3-5,10,13,15,17,22,29,31,33,35-36H,6-9,28H2,1-2H3;3-6,13-14H,1-2H2,(H2,9,11,15)/t10-,13-,15-,17-,22+,27-;4-,5+,6+/m00/s1. The quantitative estimate of drug-likeness (QED) is 0.0905. The van der Waals surface area contributed by atoms with Gasteiger partial charge >= 0.3 is 5.69 Å². The Balaban J connectivity index is 0.000000268. The number of fused-ring (bicyclic) bond motifs is 3. The molecule has 2 saturated heterocycles. The third-order valence-corrected chi connectivity index (χ3v) is 10.2. The number of methoxy groups -OCH3 is 1. The maximum atomic E-state index is 13.6. The van der Waals surface area contributed by atoms with Crippen molar-refractivity contribution < 1.29 is 69.1 Å². The Bertz CT molecular complexity index is 2060. The van der Waals surface area contributed by atoms with Crippen LogP contribution in [0.2, 0.25) is 0 Å². The van der Waals surface area contributed by atoms with Crippen LogP contribution in [0.4, 0.5) is 5.95 Å². The lowest BCUT2D eigenvalue weighted by Gasteiger charge is -2.42. The molecule has 7 rings (SSSR count). The molecule has 4 aliphatic rings. The Kier molecular flexibility index (Phi) is 11.1. The lowest BCUT2D eigenvalue weighted by Crippen LogP contribution is -2.53. The van der Waals surface area contributed by atoms with Crippen molar-refractivity contribution in [3.63, 3.8) is 0 Å². The van der Waals surface area contributed by atoms with Gasteiger partial charge in [-0.3, -0.25) is 19.0 Å². The monoisotopic (exact) mass is 771 g/mol. The van der Waals surface area contributed by atoms with E-state index in [-0.39, 0.29) is 53.4 Å². The molecule has 1 aromatic heterocycles. The third-order valence-electron chi connectivity index (χ3n) is 10.2. The van der Waals surface area contributed by atoms with Crippen molar-refractivity contribution in [2.24, 2.45) is 5.73 Å². The average Bonchev–Trinajstić information content (AvgIpc) is 3.53. The van der Waals surface area contributed by atoms with Crippen LogP contribution in [0.15, 0.2) is 29.3 Å². The molecule has 55 heavy (non-hydrogen) atoms. The zero-order valence-corrected chi connectivity index (χ0v) is 29.6. The van der Waals surface area contributed by atoms with Gasteiger partial charge in [0.15, 0.2) is 17.9 Å². The van der Waals surface area contributed by atoms with Gasteiger partial charge in [-0.15, -0.1) is 0 Å². The van der Waals surface area contributed by atoms with Crippen LogP contribution in [-0.4, -0.2) is 130 Å². The Morgan fingerprint density at radius 3 is 2.38 bits per heavy atom.